The zero-order chi connectivity index (χ0) is 29.1. The topological polar surface area (TPSA) is 143 Å². The molecule has 10 heteroatoms. The van der Waals surface area contributed by atoms with Crippen molar-refractivity contribution in [1.82, 2.24) is 14.3 Å². The number of hydrogen-bond acceptors (Lipinski definition) is 6. The van der Waals surface area contributed by atoms with Crippen molar-refractivity contribution < 1.29 is 8.42 Å². The number of hydrogen-bond donors (Lipinski definition) is 4. The number of nitrogens with two attached hydrogens (primary N) is 2. The van der Waals surface area contributed by atoms with Gasteiger partial charge >= 0.3 is 0 Å². The van der Waals surface area contributed by atoms with Gasteiger partial charge in [-0.05, 0) is 49.2 Å². The van der Waals surface area contributed by atoms with Crippen molar-refractivity contribution >= 4 is 49.0 Å². The number of benzene rings is 4. The molecule has 212 valence electrons. The van der Waals surface area contributed by atoms with Gasteiger partial charge in [0.25, 0.3) is 0 Å². The highest BCUT2D eigenvalue weighted by molar-refractivity contribution is 7.89. The average Bonchev–Trinajstić information content (AvgIpc) is 3.28. The molecule has 0 fully saturated rings. The highest BCUT2D eigenvalue weighted by atomic mass is 32.2. The van der Waals surface area contributed by atoms with Gasteiger partial charge in [0, 0.05) is 60.8 Å². The van der Waals surface area contributed by atoms with Crippen LogP contribution in [0.2, 0.25) is 0 Å². The molecule has 0 saturated carbocycles. The third-order valence-electron chi connectivity index (χ3n) is 7.49. The molecule has 41 heavy (non-hydrogen) atoms. The predicted octanol–water partition coefficient (Wildman–Crippen LogP) is 4.18. The summed E-state index contributed by atoms with van der Waals surface area (Å²) in [5.74, 6) is 1.05. The summed E-state index contributed by atoms with van der Waals surface area (Å²) in [5, 5.41) is 8.88. The van der Waals surface area contributed by atoms with Crippen molar-refractivity contribution in [3.63, 3.8) is 0 Å². The summed E-state index contributed by atoms with van der Waals surface area (Å²) in [4.78, 5) is 7.26. The normalized spacial score (nSPS) is 11.8. The van der Waals surface area contributed by atoms with Crippen LogP contribution in [-0.2, 0) is 29.9 Å². The lowest BCUT2D eigenvalue weighted by molar-refractivity contribution is 0.581. The fourth-order valence-electron chi connectivity index (χ4n) is 5.17. The number of anilines is 2. The summed E-state index contributed by atoms with van der Waals surface area (Å²) in [7, 11) is -1.70. The first-order chi connectivity index (χ1) is 19.7. The van der Waals surface area contributed by atoms with Gasteiger partial charge in [0.05, 0.1) is 15.9 Å². The highest BCUT2D eigenvalue weighted by Crippen LogP contribution is 2.27. The molecule has 0 radical (unpaired) electrons. The molecule has 0 atom stereocenters. The summed E-state index contributed by atoms with van der Waals surface area (Å²) in [6.07, 6.45) is 1.60. The zero-order valence-corrected chi connectivity index (χ0v) is 24.1. The van der Waals surface area contributed by atoms with E-state index in [1.54, 1.807) is 30.3 Å². The number of fused-ring (bicyclic) bond motifs is 2. The van der Waals surface area contributed by atoms with Gasteiger partial charge in [-0.25, -0.2) is 18.1 Å². The maximum atomic E-state index is 13.2. The molecule has 0 unspecified atom stereocenters. The van der Waals surface area contributed by atoms with Crippen LogP contribution in [0.5, 0.6) is 0 Å². The van der Waals surface area contributed by atoms with Crippen LogP contribution >= 0.6 is 0 Å². The lowest BCUT2D eigenvalue weighted by Crippen LogP contribution is -2.35. The Kier molecular flexibility index (Phi) is 7.96. The molecule has 9 nitrogen and oxygen atoms in total. The van der Waals surface area contributed by atoms with Crippen LogP contribution in [0.3, 0.4) is 0 Å². The molecule has 0 aliphatic rings. The van der Waals surface area contributed by atoms with Crippen LogP contribution in [0.1, 0.15) is 23.9 Å². The Balaban J connectivity index is 1.27. The Bertz CT molecular complexity index is 1830. The molecule has 0 bridgehead atoms. The second-order valence-electron chi connectivity index (χ2n) is 10.0. The van der Waals surface area contributed by atoms with Gasteiger partial charge in [-0.15, -0.1) is 0 Å². The van der Waals surface area contributed by atoms with Crippen LogP contribution < -0.4 is 21.1 Å². The Morgan fingerprint density at radius 2 is 1.73 bits per heavy atom. The summed E-state index contributed by atoms with van der Waals surface area (Å²) in [6.45, 7) is 3.52. The maximum absolute atomic E-state index is 13.2. The quantitative estimate of drug-likeness (QED) is 0.107. The molecule has 6 N–H and O–H groups in total. The van der Waals surface area contributed by atoms with Crippen molar-refractivity contribution in [3.8, 4) is 0 Å². The van der Waals surface area contributed by atoms with Crippen LogP contribution in [0.25, 0.3) is 21.8 Å². The molecule has 0 saturated heterocycles. The molecule has 0 spiro atoms. The highest BCUT2D eigenvalue weighted by Gasteiger charge is 2.18. The van der Waals surface area contributed by atoms with Gasteiger partial charge in [-0.3, -0.25) is 5.41 Å². The average molecular weight is 570 g/mol. The van der Waals surface area contributed by atoms with Crippen molar-refractivity contribution in [2.75, 3.05) is 30.3 Å². The number of nitrogens with one attached hydrogen (secondary N) is 2. The standard InChI is InChI=1S/C31H35N7O2S/c1-3-38(19-18-35-41(39,40)29-9-5-6-24-25(29)7-4-8-26(24)32)23-15-16-28-27(20-23)36-30(37(28)2)17-12-21-10-13-22(14-11-21)31(33)34/h4-11,13-16,20,35H,3,12,17-19,32H2,1-2H3,(H3,33,34). The first kappa shape index (κ1) is 28.1. The SMILES string of the molecule is CCN(CCNS(=O)(=O)c1cccc2c(N)cccc12)c1ccc2c(c1)nc(CCc1ccc(C(=N)N)cc1)n2C. The molecule has 0 amide bonds. The fraction of sp³-hybridized carbons (Fsp3) is 0.226. The van der Waals surface area contributed by atoms with Crippen LogP contribution in [0, 0.1) is 5.41 Å². The van der Waals surface area contributed by atoms with E-state index in [-0.39, 0.29) is 17.3 Å². The van der Waals surface area contributed by atoms with Gasteiger partial charge in [-0.2, -0.15) is 0 Å². The molecule has 0 aliphatic carbocycles. The van der Waals surface area contributed by atoms with Gasteiger partial charge in [-0.1, -0.05) is 48.5 Å². The molecular weight excluding hydrogens is 534 g/mol. The van der Waals surface area contributed by atoms with E-state index in [1.807, 2.05) is 44.3 Å². The molecule has 0 aliphatic heterocycles. The van der Waals surface area contributed by atoms with Crippen molar-refractivity contribution in [2.45, 2.75) is 24.7 Å². The fourth-order valence-corrected chi connectivity index (χ4v) is 6.41. The Morgan fingerprint density at radius 3 is 2.46 bits per heavy atom. The molecule has 1 heterocycles. The second-order valence-corrected chi connectivity index (χ2v) is 11.8. The van der Waals surface area contributed by atoms with E-state index in [0.29, 0.717) is 24.2 Å². The number of nitrogen functional groups attached to an aromatic ring is 2. The molecule has 1 aromatic heterocycles. The van der Waals surface area contributed by atoms with Gasteiger partial charge in [0.2, 0.25) is 10.0 Å². The van der Waals surface area contributed by atoms with E-state index >= 15 is 0 Å². The Morgan fingerprint density at radius 1 is 1.00 bits per heavy atom. The monoisotopic (exact) mass is 569 g/mol. The van der Waals surface area contributed by atoms with Gasteiger partial charge in [0.1, 0.15) is 11.7 Å². The van der Waals surface area contributed by atoms with Crippen molar-refractivity contribution in [3.05, 3.63) is 95.8 Å². The predicted molar refractivity (Wildman–Crippen MR) is 167 cm³/mol. The first-order valence-corrected chi connectivity index (χ1v) is 15.1. The maximum Gasteiger partial charge on any atom is 0.241 e. The van der Waals surface area contributed by atoms with E-state index in [0.717, 1.165) is 51.9 Å². The number of rotatable bonds is 11. The lowest BCUT2D eigenvalue weighted by Gasteiger charge is -2.23. The van der Waals surface area contributed by atoms with Crippen molar-refractivity contribution in [1.29, 1.82) is 5.41 Å². The second kappa shape index (κ2) is 11.6. The smallest absolute Gasteiger partial charge is 0.241 e. The van der Waals surface area contributed by atoms with Crippen LogP contribution in [0.4, 0.5) is 11.4 Å². The van der Waals surface area contributed by atoms with Crippen LogP contribution in [0.15, 0.2) is 83.8 Å². The lowest BCUT2D eigenvalue weighted by atomic mass is 10.1. The summed E-state index contributed by atoms with van der Waals surface area (Å²) < 4.78 is 31.3. The van der Waals surface area contributed by atoms with E-state index in [2.05, 4.69) is 32.4 Å². The molecule has 5 rings (SSSR count). The molecule has 4 aromatic carbocycles. The van der Waals surface area contributed by atoms with E-state index < -0.39 is 10.0 Å². The summed E-state index contributed by atoms with van der Waals surface area (Å²) >= 11 is 0. The first-order valence-electron chi connectivity index (χ1n) is 13.6. The van der Waals surface area contributed by atoms with E-state index in [4.69, 9.17) is 21.9 Å². The Hall–Kier alpha value is -4.41. The van der Waals surface area contributed by atoms with Crippen LogP contribution in [-0.4, -0.2) is 43.4 Å². The number of imidazole rings is 1. The van der Waals surface area contributed by atoms with Gasteiger partial charge < -0.3 is 20.9 Å². The third-order valence-corrected chi connectivity index (χ3v) is 9.00. The Labute approximate surface area is 240 Å². The minimum atomic E-state index is -3.73. The van der Waals surface area contributed by atoms with E-state index in [9.17, 15) is 8.42 Å². The third kappa shape index (κ3) is 5.89. The van der Waals surface area contributed by atoms with E-state index in [1.165, 1.54) is 0 Å². The number of amidine groups is 1. The number of aromatic nitrogens is 2. The van der Waals surface area contributed by atoms with Gasteiger partial charge in [0.15, 0.2) is 0 Å². The summed E-state index contributed by atoms with van der Waals surface area (Å²) in [6, 6.07) is 24.4. The number of likely N-dealkylation sites (N-methyl/N-ethyl adjacent to an activating group) is 1. The number of sulfonamides is 1. The largest absolute Gasteiger partial charge is 0.398 e. The minimum absolute atomic E-state index is 0.0664. The molecular formula is C31H35N7O2S. The number of aryl methyl sites for hydroxylation is 3. The van der Waals surface area contributed by atoms with Crippen molar-refractivity contribution in [2.24, 2.45) is 12.8 Å². The number of nitrogens with zero attached hydrogens (tertiary/aromatic N) is 3. The molecule has 5 aromatic rings. The zero-order valence-electron chi connectivity index (χ0n) is 23.3. The minimum Gasteiger partial charge on any atom is -0.398 e. The summed E-state index contributed by atoms with van der Waals surface area (Å²) in [5.41, 5.74) is 17.0.